The molecule has 100 valence electrons. The fraction of sp³-hybridized carbons (Fsp3) is 0.364. The molecule has 1 aliphatic heterocycles. The number of hydrogen-bond donors (Lipinski definition) is 2. The van der Waals surface area contributed by atoms with Gasteiger partial charge in [0.25, 0.3) is 0 Å². The third kappa shape index (κ3) is 3.81. The van der Waals surface area contributed by atoms with Gasteiger partial charge in [-0.25, -0.2) is 0 Å². The molecule has 7 heteroatoms. The van der Waals surface area contributed by atoms with E-state index < -0.39 is 0 Å². The molecule has 0 fully saturated rings. The van der Waals surface area contributed by atoms with Gasteiger partial charge in [0.2, 0.25) is 0 Å². The average Bonchev–Trinajstić information content (AvgIpc) is 2.28. The minimum absolute atomic E-state index is 0. The monoisotopic (exact) mass is 383 g/mol. The Labute approximate surface area is 127 Å². The summed E-state index contributed by atoms with van der Waals surface area (Å²) in [6, 6.07) is 3.75. The van der Waals surface area contributed by atoms with E-state index in [1.165, 1.54) is 0 Å². The van der Waals surface area contributed by atoms with Crippen molar-refractivity contribution in [2.45, 2.75) is 6.42 Å². The average molecular weight is 384 g/mol. The fourth-order valence-corrected chi connectivity index (χ4v) is 1.91. The zero-order valence-corrected chi connectivity index (χ0v) is 12.8. The normalized spacial score (nSPS) is 12.5. The highest BCUT2D eigenvalue weighted by atomic mass is 127. The maximum Gasteiger partial charge on any atom is 0.185 e. The number of nitrogens with two attached hydrogens (primary N) is 2. The SMILES string of the molecule is I.NC(N)=NCCc1cc(Cl)c2c(c1)OCCO2. The van der Waals surface area contributed by atoms with Gasteiger partial charge in [-0.1, -0.05) is 11.6 Å². The van der Waals surface area contributed by atoms with Crippen LogP contribution in [0.3, 0.4) is 0 Å². The summed E-state index contributed by atoms with van der Waals surface area (Å²) >= 11 is 6.10. The van der Waals surface area contributed by atoms with E-state index in [1.54, 1.807) is 0 Å². The molecule has 0 unspecified atom stereocenters. The Kier molecular flexibility index (Phi) is 5.80. The molecule has 0 saturated heterocycles. The number of benzene rings is 1. The molecule has 2 rings (SSSR count). The Morgan fingerprint density at radius 1 is 1.28 bits per heavy atom. The first-order valence-electron chi connectivity index (χ1n) is 5.30. The van der Waals surface area contributed by atoms with E-state index >= 15 is 0 Å². The van der Waals surface area contributed by atoms with Crippen molar-refractivity contribution in [3.63, 3.8) is 0 Å². The first-order chi connectivity index (χ1) is 8.16. The number of nitrogens with zero attached hydrogens (tertiary/aromatic N) is 1. The summed E-state index contributed by atoms with van der Waals surface area (Å²) in [6.45, 7) is 1.60. The summed E-state index contributed by atoms with van der Waals surface area (Å²) in [7, 11) is 0. The number of ether oxygens (including phenoxy) is 2. The van der Waals surface area contributed by atoms with Gasteiger partial charge in [-0.3, -0.25) is 4.99 Å². The molecule has 1 aromatic rings. The molecular weight excluding hydrogens is 368 g/mol. The summed E-state index contributed by atoms with van der Waals surface area (Å²) in [4.78, 5) is 3.92. The largest absolute Gasteiger partial charge is 0.486 e. The molecule has 1 heterocycles. The van der Waals surface area contributed by atoms with Crippen molar-refractivity contribution < 1.29 is 9.47 Å². The van der Waals surface area contributed by atoms with Gasteiger partial charge < -0.3 is 20.9 Å². The molecule has 4 N–H and O–H groups in total. The lowest BCUT2D eigenvalue weighted by Crippen LogP contribution is -2.23. The third-order valence-corrected chi connectivity index (χ3v) is 2.63. The minimum Gasteiger partial charge on any atom is -0.486 e. The second-order valence-corrected chi connectivity index (χ2v) is 4.07. The van der Waals surface area contributed by atoms with Crippen LogP contribution in [0.15, 0.2) is 17.1 Å². The summed E-state index contributed by atoms with van der Waals surface area (Å²) in [5, 5.41) is 0.557. The van der Waals surface area contributed by atoms with E-state index in [1.807, 2.05) is 12.1 Å². The van der Waals surface area contributed by atoms with Crippen LogP contribution in [0.4, 0.5) is 0 Å². The Morgan fingerprint density at radius 2 is 2.00 bits per heavy atom. The molecule has 0 spiro atoms. The van der Waals surface area contributed by atoms with Crippen LogP contribution in [-0.2, 0) is 6.42 Å². The van der Waals surface area contributed by atoms with Crippen LogP contribution in [-0.4, -0.2) is 25.7 Å². The third-order valence-electron chi connectivity index (χ3n) is 2.35. The molecule has 0 radical (unpaired) electrons. The number of rotatable bonds is 3. The molecule has 0 saturated carbocycles. The van der Waals surface area contributed by atoms with Gasteiger partial charge in [-0.2, -0.15) is 0 Å². The van der Waals surface area contributed by atoms with Gasteiger partial charge in [0, 0.05) is 6.54 Å². The first kappa shape index (κ1) is 15.2. The predicted molar refractivity (Wildman–Crippen MR) is 82.2 cm³/mol. The molecule has 1 aliphatic rings. The Balaban J connectivity index is 0.00000162. The molecule has 0 amide bonds. The van der Waals surface area contributed by atoms with E-state index in [-0.39, 0.29) is 29.9 Å². The first-order valence-corrected chi connectivity index (χ1v) is 5.68. The zero-order valence-electron chi connectivity index (χ0n) is 9.69. The summed E-state index contributed by atoms with van der Waals surface area (Å²) in [5.41, 5.74) is 11.5. The van der Waals surface area contributed by atoms with Crippen molar-refractivity contribution >= 4 is 41.5 Å². The van der Waals surface area contributed by atoms with Crippen LogP contribution < -0.4 is 20.9 Å². The van der Waals surface area contributed by atoms with E-state index in [9.17, 15) is 0 Å². The minimum atomic E-state index is 0. The van der Waals surface area contributed by atoms with E-state index in [4.69, 9.17) is 32.5 Å². The van der Waals surface area contributed by atoms with Gasteiger partial charge in [-0.15, -0.1) is 24.0 Å². The summed E-state index contributed by atoms with van der Waals surface area (Å²) in [5.74, 6) is 1.39. The lowest BCUT2D eigenvalue weighted by Gasteiger charge is -2.20. The topological polar surface area (TPSA) is 82.9 Å². The van der Waals surface area contributed by atoms with Gasteiger partial charge in [-0.05, 0) is 24.1 Å². The van der Waals surface area contributed by atoms with Crippen LogP contribution >= 0.6 is 35.6 Å². The second-order valence-electron chi connectivity index (χ2n) is 3.66. The molecule has 0 bridgehead atoms. The number of halogens is 2. The van der Waals surface area contributed by atoms with Crippen molar-refractivity contribution in [1.29, 1.82) is 0 Å². The zero-order chi connectivity index (χ0) is 12.3. The van der Waals surface area contributed by atoms with E-state index in [0.29, 0.717) is 42.7 Å². The molecule has 18 heavy (non-hydrogen) atoms. The van der Waals surface area contributed by atoms with Crippen molar-refractivity contribution in [2.24, 2.45) is 16.5 Å². The van der Waals surface area contributed by atoms with Crippen molar-refractivity contribution in [2.75, 3.05) is 19.8 Å². The molecule has 1 aromatic carbocycles. The van der Waals surface area contributed by atoms with Gasteiger partial charge in [0.15, 0.2) is 17.5 Å². The number of fused-ring (bicyclic) bond motifs is 1. The highest BCUT2D eigenvalue weighted by Gasteiger charge is 2.16. The van der Waals surface area contributed by atoms with Crippen LogP contribution in [0.25, 0.3) is 0 Å². The molecular formula is C11H15ClIN3O2. The summed E-state index contributed by atoms with van der Waals surface area (Å²) < 4.78 is 10.9. The molecule has 0 aromatic heterocycles. The Morgan fingerprint density at radius 3 is 2.72 bits per heavy atom. The van der Waals surface area contributed by atoms with Crippen molar-refractivity contribution in [3.8, 4) is 11.5 Å². The quantitative estimate of drug-likeness (QED) is 0.471. The van der Waals surface area contributed by atoms with Crippen LogP contribution in [0.2, 0.25) is 5.02 Å². The second kappa shape index (κ2) is 6.89. The number of guanidine groups is 1. The lowest BCUT2D eigenvalue weighted by atomic mass is 10.1. The Hall–Kier alpha value is -0.890. The smallest absolute Gasteiger partial charge is 0.185 e. The maximum absolute atomic E-state index is 6.10. The molecule has 0 atom stereocenters. The summed E-state index contributed by atoms with van der Waals surface area (Å²) in [6.07, 6.45) is 0.703. The molecule has 0 aliphatic carbocycles. The maximum atomic E-state index is 6.10. The van der Waals surface area contributed by atoms with Gasteiger partial charge in [0.1, 0.15) is 13.2 Å². The van der Waals surface area contributed by atoms with Crippen LogP contribution in [0.1, 0.15) is 5.56 Å². The van der Waals surface area contributed by atoms with Crippen molar-refractivity contribution in [3.05, 3.63) is 22.7 Å². The van der Waals surface area contributed by atoms with E-state index in [2.05, 4.69) is 4.99 Å². The van der Waals surface area contributed by atoms with E-state index in [0.717, 1.165) is 5.56 Å². The van der Waals surface area contributed by atoms with Gasteiger partial charge in [0.05, 0.1) is 5.02 Å². The Bertz CT molecular complexity index is 450. The predicted octanol–water partition coefficient (Wildman–Crippen LogP) is 1.55. The van der Waals surface area contributed by atoms with Crippen LogP contribution in [0, 0.1) is 0 Å². The fourth-order valence-electron chi connectivity index (χ4n) is 1.62. The van der Waals surface area contributed by atoms with Gasteiger partial charge >= 0.3 is 0 Å². The highest BCUT2D eigenvalue weighted by Crippen LogP contribution is 2.38. The number of hydrogen-bond acceptors (Lipinski definition) is 3. The number of aliphatic imine (C=N–C) groups is 1. The lowest BCUT2D eigenvalue weighted by molar-refractivity contribution is 0.171. The van der Waals surface area contributed by atoms with Crippen LogP contribution in [0.5, 0.6) is 11.5 Å². The standard InChI is InChI=1S/C11H14ClN3O2.HI/c12-8-5-7(1-2-15-11(13)14)6-9-10(8)17-4-3-16-9;/h5-6H,1-4H2,(H4,13,14,15);1H. The van der Waals surface area contributed by atoms with Crippen molar-refractivity contribution in [1.82, 2.24) is 0 Å². The molecule has 5 nitrogen and oxygen atoms in total. The highest BCUT2D eigenvalue weighted by molar-refractivity contribution is 14.0.